The molecule has 1 aromatic carbocycles. The molecule has 3 N–H and O–H groups in total. The first-order valence-corrected chi connectivity index (χ1v) is 5.53. The number of aryl methyl sites for hydroxylation is 1. The molecule has 1 heterocycles. The van der Waals surface area contributed by atoms with Gasteiger partial charge in [0.15, 0.2) is 11.5 Å². The van der Waals surface area contributed by atoms with Crippen molar-refractivity contribution in [2.45, 2.75) is 32.2 Å². The van der Waals surface area contributed by atoms with E-state index >= 15 is 0 Å². The Morgan fingerprint density at radius 2 is 2.19 bits per heavy atom. The van der Waals surface area contributed by atoms with Crippen LogP contribution in [0.2, 0.25) is 0 Å². The molecule has 1 aliphatic heterocycles. The number of aromatic hydroxyl groups is 2. The fraction of sp³-hybridized carbons (Fsp3) is 0.500. The maximum Gasteiger partial charge on any atom is 0.206 e. The molecule has 1 saturated heterocycles. The molecule has 0 bridgehead atoms. The second-order valence-electron chi connectivity index (χ2n) is 4.36. The number of nitrogens with one attached hydrogen (secondary N) is 1. The molecule has 0 amide bonds. The highest BCUT2D eigenvalue weighted by Gasteiger charge is 2.20. The van der Waals surface area contributed by atoms with E-state index < -0.39 is 17.3 Å². The quantitative estimate of drug-likeness (QED) is 0.720. The molecule has 1 aromatic rings. The van der Waals surface area contributed by atoms with Crippen molar-refractivity contribution in [1.82, 2.24) is 5.32 Å². The van der Waals surface area contributed by atoms with E-state index in [1.165, 1.54) is 0 Å². The zero-order valence-electron chi connectivity index (χ0n) is 9.26. The first kappa shape index (κ1) is 11.2. The average molecular weight is 225 g/mol. The Hall–Kier alpha value is -1.29. The lowest BCUT2D eigenvalue weighted by molar-refractivity contribution is 0.381. The van der Waals surface area contributed by atoms with Crippen molar-refractivity contribution in [2.75, 3.05) is 6.54 Å². The van der Waals surface area contributed by atoms with Crippen LogP contribution in [0.4, 0.5) is 4.39 Å². The van der Waals surface area contributed by atoms with Crippen molar-refractivity contribution in [2.24, 2.45) is 0 Å². The molecule has 0 spiro atoms. The van der Waals surface area contributed by atoms with Crippen LogP contribution < -0.4 is 5.32 Å². The molecule has 1 unspecified atom stereocenters. The van der Waals surface area contributed by atoms with Crippen molar-refractivity contribution in [3.63, 3.8) is 0 Å². The lowest BCUT2D eigenvalue weighted by atomic mass is 10.0. The van der Waals surface area contributed by atoms with Gasteiger partial charge >= 0.3 is 0 Å². The predicted molar refractivity (Wildman–Crippen MR) is 59.2 cm³/mol. The number of benzene rings is 1. The second-order valence-corrected chi connectivity index (χ2v) is 4.36. The van der Waals surface area contributed by atoms with Crippen LogP contribution in [-0.2, 0) is 6.42 Å². The van der Waals surface area contributed by atoms with E-state index in [0.29, 0.717) is 23.6 Å². The van der Waals surface area contributed by atoms with Gasteiger partial charge in [-0.2, -0.15) is 4.39 Å². The predicted octanol–water partition coefficient (Wildman–Crippen LogP) is 1.84. The number of hydrogen-bond donors (Lipinski definition) is 3. The summed E-state index contributed by atoms with van der Waals surface area (Å²) in [5, 5.41) is 22.2. The highest BCUT2D eigenvalue weighted by molar-refractivity contribution is 5.46. The minimum atomic E-state index is -0.909. The summed E-state index contributed by atoms with van der Waals surface area (Å²) >= 11 is 0. The number of halogens is 1. The van der Waals surface area contributed by atoms with Gasteiger partial charge in [-0.1, -0.05) is 0 Å². The fourth-order valence-electron chi connectivity index (χ4n) is 2.18. The van der Waals surface area contributed by atoms with Gasteiger partial charge < -0.3 is 15.5 Å². The maximum absolute atomic E-state index is 13.4. The summed E-state index contributed by atoms with van der Waals surface area (Å²) in [5.41, 5.74) is 1.02. The topological polar surface area (TPSA) is 52.5 Å². The Bertz CT molecular complexity index is 400. The van der Waals surface area contributed by atoms with E-state index in [1.54, 1.807) is 13.0 Å². The van der Waals surface area contributed by atoms with E-state index in [1.807, 2.05) is 0 Å². The summed E-state index contributed by atoms with van der Waals surface area (Å²) in [6, 6.07) is 1.95. The second kappa shape index (κ2) is 4.29. The summed E-state index contributed by atoms with van der Waals surface area (Å²) < 4.78 is 13.4. The van der Waals surface area contributed by atoms with E-state index in [-0.39, 0.29) is 0 Å². The molecule has 1 atom stereocenters. The SMILES string of the molecule is Cc1cc(CC2CCCN2)c(O)c(F)c1O. The molecule has 16 heavy (non-hydrogen) atoms. The summed E-state index contributed by atoms with van der Waals surface area (Å²) in [4.78, 5) is 0. The standard InChI is InChI=1S/C12H16FNO2/c1-7-5-8(6-9-3-2-4-14-9)12(16)10(13)11(7)15/h5,9,14-16H,2-4,6H2,1H3. The lowest BCUT2D eigenvalue weighted by Crippen LogP contribution is -2.23. The van der Waals surface area contributed by atoms with Gasteiger partial charge in [0.2, 0.25) is 5.82 Å². The first-order valence-electron chi connectivity index (χ1n) is 5.53. The van der Waals surface area contributed by atoms with Crippen molar-refractivity contribution in [3.8, 4) is 11.5 Å². The molecule has 0 aromatic heterocycles. The summed E-state index contributed by atoms with van der Waals surface area (Å²) in [6.07, 6.45) is 2.76. The fourth-order valence-corrected chi connectivity index (χ4v) is 2.18. The molecule has 0 radical (unpaired) electrons. The Kier molecular flexibility index (Phi) is 3.01. The smallest absolute Gasteiger partial charge is 0.206 e. The van der Waals surface area contributed by atoms with Gasteiger partial charge in [-0.05, 0) is 49.9 Å². The van der Waals surface area contributed by atoms with Crippen LogP contribution in [0.25, 0.3) is 0 Å². The Morgan fingerprint density at radius 3 is 2.81 bits per heavy atom. The normalized spacial score (nSPS) is 20.2. The van der Waals surface area contributed by atoms with Crippen molar-refractivity contribution in [3.05, 3.63) is 23.0 Å². The van der Waals surface area contributed by atoms with E-state index in [4.69, 9.17) is 0 Å². The van der Waals surface area contributed by atoms with E-state index in [2.05, 4.69) is 5.32 Å². The van der Waals surface area contributed by atoms with E-state index in [9.17, 15) is 14.6 Å². The molecule has 3 nitrogen and oxygen atoms in total. The van der Waals surface area contributed by atoms with Gasteiger partial charge in [0.25, 0.3) is 0 Å². The zero-order valence-corrected chi connectivity index (χ0v) is 9.26. The molecule has 1 aliphatic rings. The van der Waals surface area contributed by atoms with Gasteiger partial charge in [0, 0.05) is 6.04 Å². The molecule has 2 rings (SSSR count). The van der Waals surface area contributed by atoms with Crippen LogP contribution in [0.15, 0.2) is 6.07 Å². The van der Waals surface area contributed by atoms with Crippen LogP contribution in [-0.4, -0.2) is 22.8 Å². The van der Waals surface area contributed by atoms with Gasteiger partial charge in [0.05, 0.1) is 0 Å². The minimum absolute atomic E-state index is 0.300. The monoisotopic (exact) mass is 225 g/mol. The molecule has 1 fully saturated rings. The lowest BCUT2D eigenvalue weighted by Gasteiger charge is -2.13. The third-order valence-electron chi connectivity index (χ3n) is 3.11. The molecule has 88 valence electrons. The summed E-state index contributed by atoms with van der Waals surface area (Å²) in [5.74, 6) is -1.79. The van der Waals surface area contributed by atoms with Crippen molar-refractivity contribution in [1.29, 1.82) is 0 Å². The van der Waals surface area contributed by atoms with Crippen LogP contribution in [0.1, 0.15) is 24.0 Å². The van der Waals surface area contributed by atoms with E-state index in [0.717, 1.165) is 19.4 Å². The van der Waals surface area contributed by atoms with Gasteiger partial charge in [-0.3, -0.25) is 0 Å². The molecule has 0 aliphatic carbocycles. The molecular weight excluding hydrogens is 209 g/mol. The number of rotatable bonds is 2. The molecule has 4 heteroatoms. The number of phenolic OH excluding ortho intramolecular Hbond substituents is 2. The van der Waals surface area contributed by atoms with Crippen molar-refractivity contribution >= 4 is 0 Å². The van der Waals surface area contributed by atoms with Crippen LogP contribution >= 0.6 is 0 Å². The van der Waals surface area contributed by atoms with Gasteiger partial charge in [-0.15, -0.1) is 0 Å². The number of phenols is 2. The Morgan fingerprint density at radius 1 is 1.44 bits per heavy atom. The molecule has 0 saturated carbocycles. The first-order chi connectivity index (χ1) is 7.59. The summed E-state index contributed by atoms with van der Waals surface area (Å²) in [6.45, 7) is 2.61. The highest BCUT2D eigenvalue weighted by Crippen LogP contribution is 2.33. The Labute approximate surface area is 93.9 Å². The number of hydrogen-bond acceptors (Lipinski definition) is 3. The average Bonchev–Trinajstić information content (AvgIpc) is 2.76. The van der Waals surface area contributed by atoms with Crippen molar-refractivity contribution < 1.29 is 14.6 Å². The van der Waals surface area contributed by atoms with Gasteiger partial charge in [0.1, 0.15) is 0 Å². The van der Waals surface area contributed by atoms with Crippen LogP contribution in [0.5, 0.6) is 11.5 Å². The maximum atomic E-state index is 13.4. The summed E-state index contributed by atoms with van der Waals surface area (Å²) in [7, 11) is 0. The highest BCUT2D eigenvalue weighted by atomic mass is 19.1. The third-order valence-corrected chi connectivity index (χ3v) is 3.11. The van der Waals surface area contributed by atoms with Crippen LogP contribution in [0, 0.1) is 12.7 Å². The largest absolute Gasteiger partial charge is 0.505 e. The Balaban J connectivity index is 2.26. The minimum Gasteiger partial charge on any atom is -0.505 e. The van der Waals surface area contributed by atoms with Gasteiger partial charge in [-0.25, -0.2) is 0 Å². The molecular formula is C12H16FNO2. The third kappa shape index (κ3) is 1.97. The van der Waals surface area contributed by atoms with Crippen LogP contribution in [0.3, 0.4) is 0 Å². The zero-order chi connectivity index (χ0) is 11.7.